The number of nitrogens with one attached hydrogen (secondary N) is 2. The van der Waals surface area contributed by atoms with Gasteiger partial charge in [-0.25, -0.2) is 9.97 Å². The number of anilines is 3. The Morgan fingerprint density at radius 3 is 2.38 bits per heavy atom. The summed E-state index contributed by atoms with van der Waals surface area (Å²) in [5.74, 6) is 0.741. The standard InChI is InChI=1S/C19H17ClN4O2/c1-2-26-17-10-6-5-9-16(17)24-19-21-11-13(12-22-19)18(25)23-15-8-4-3-7-14(15)20/h3-12H,2H2,1H3,(H,23,25)(H,21,22,24). The lowest BCUT2D eigenvalue weighted by Crippen LogP contribution is -2.13. The summed E-state index contributed by atoms with van der Waals surface area (Å²) < 4.78 is 5.55. The number of carbonyl (C=O) groups excluding carboxylic acids is 1. The number of benzene rings is 2. The van der Waals surface area contributed by atoms with Gasteiger partial charge >= 0.3 is 0 Å². The third-order valence-corrected chi connectivity index (χ3v) is 3.80. The number of halogens is 1. The molecular formula is C19H17ClN4O2. The number of nitrogens with zero attached hydrogens (tertiary/aromatic N) is 2. The van der Waals surface area contributed by atoms with E-state index in [1.807, 2.05) is 31.2 Å². The van der Waals surface area contributed by atoms with Gasteiger partial charge < -0.3 is 15.4 Å². The normalized spacial score (nSPS) is 10.2. The van der Waals surface area contributed by atoms with Crippen LogP contribution in [-0.4, -0.2) is 22.5 Å². The Morgan fingerprint density at radius 2 is 1.69 bits per heavy atom. The molecule has 132 valence electrons. The van der Waals surface area contributed by atoms with Gasteiger partial charge in [0.05, 0.1) is 28.6 Å². The van der Waals surface area contributed by atoms with Crippen LogP contribution in [0, 0.1) is 0 Å². The molecule has 3 aromatic rings. The van der Waals surface area contributed by atoms with E-state index in [4.69, 9.17) is 16.3 Å². The van der Waals surface area contributed by atoms with Gasteiger partial charge in [0.25, 0.3) is 5.91 Å². The molecule has 0 aliphatic rings. The van der Waals surface area contributed by atoms with Gasteiger partial charge in [0, 0.05) is 12.4 Å². The Balaban J connectivity index is 1.71. The van der Waals surface area contributed by atoms with Gasteiger partial charge in [0.15, 0.2) is 0 Å². The van der Waals surface area contributed by atoms with E-state index in [9.17, 15) is 4.79 Å². The van der Waals surface area contributed by atoms with Gasteiger partial charge in [0.1, 0.15) is 5.75 Å². The van der Waals surface area contributed by atoms with Gasteiger partial charge in [-0.2, -0.15) is 0 Å². The van der Waals surface area contributed by atoms with E-state index < -0.39 is 0 Å². The van der Waals surface area contributed by atoms with Gasteiger partial charge in [0.2, 0.25) is 5.95 Å². The van der Waals surface area contributed by atoms with Crippen LogP contribution in [0.25, 0.3) is 0 Å². The fraction of sp³-hybridized carbons (Fsp3) is 0.105. The third-order valence-electron chi connectivity index (χ3n) is 3.47. The van der Waals surface area contributed by atoms with Gasteiger partial charge in [-0.3, -0.25) is 4.79 Å². The average molecular weight is 369 g/mol. The van der Waals surface area contributed by atoms with Crippen LogP contribution >= 0.6 is 11.6 Å². The highest BCUT2D eigenvalue weighted by Gasteiger charge is 2.10. The lowest BCUT2D eigenvalue weighted by molar-refractivity contribution is 0.102. The van der Waals surface area contributed by atoms with E-state index in [0.29, 0.717) is 34.6 Å². The van der Waals surface area contributed by atoms with Gasteiger partial charge in [-0.15, -0.1) is 0 Å². The summed E-state index contributed by atoms with van der Waals surface area (Å²) in [5, 5.41) is 6.28. The first kappa shape index (κ1) is 17.7. The molecular weight excluding hydrogens is 352 g/mol. The molecule has 2 N–H and O–H groups in total. The van der Waals surface area contributed by atoms with Crippen LogP contribution in [0.4, 0.5) is 17.3 Å². The first-order chi connectivity index (χ1) is 12.7. The number of hydrogen-bond donors (Lipinski definition) is 2. The minimum Gasteiger partial charge on any atom is -0.492 e. The Morgan fingerprint density at radius 1 is 1.04 bits per heavy atom. The molecule has 1 amide bonds. The summed E-state index contributed by atoms with van der Waals surface area (Å²) >= 11 is 6.04. The Labute approximate surface area is 156 Å². The van der Waals surface area contributed by atoms with Crippen molar-refractivity contribution in [1.82, 2.24) is 9.97 Å². The van der Waals surface area contributed by atoms with E-state index >= 15 is 0 Å². The van der Waals surface area contributed by atoms with E-state index in [0.717, 1.165) is 5.69 Å². The monoisotopic (exact) mass is 368 g/mol. The molecule has 6 nitrogen and oxygen atoms in total. The molecule has 0 fully saturated rings. The topological polar surface area (TPSA) is 76.1 Å². The van der Waals surface area contributed by atoms with Crippen molar-refractivity contribution < 1.29 is 9.53 Å². The predicted molar refractivity (Wildman–Crippen MR) is 102 cm³/mol. The molecule has 0 aliphatic heterocycles. The molecule has 26 heavy (non-hydrogen) atoms. The summed E-state index contributed by atoms with van der Waals surface area (Å²) in [4.78, 5) is 20.7. The Bertz CT molecular complexity index is 900. The number of carbonyl (C=O) groups is 1. The SMILES string of the molecule is CCOc1ccccc1Nc1ncc(C(=O)Nc2ccccc2Cl)cn1. The van der Waals surface area contributed by atoms with E-state index in [1.165, 1.54) is 12.4 Å². The first-order valence-electron chi connectivity index (χ1n) is 8.04. The van der Waals surface area contributed by atoms with Crippen molar-refractivity contribution >= 4 is 34.8 Å². The van der Waals surface area contributed by atoms with Crippen molar-refractivity contribution in [2.45, 2.75) is 6.92 Å². The molecule has 1 heterocycles. The van der Waals surface area contributed by atoms with Crippen molar-refractivity contribution in [1.29, 1.82) is 0 Å². The number of hydrogen-bond acceptors (Lipinski definition) is 5. The molecule has 0 radical (unpaired) electrons. The van der Waals surface area contributed by atoms with Crippen LogP contribution in [0.2, 0.25) is 5.02 Å². The summed E-state index contributed by atoms with van der Waals surface area (Å²) in [6, 6.07) is 14.5. The van der Waals surface area contributed by atoms with Crippen LogP contribution in [-0.2, 0) is 0 Å². The number of para-hydroxylation sites is 3. The maximum absolute atomic E-state index is 12.3. The zero-order valence-electron chi connectivity index (χ0n) is 14.1. The van der Waals surface area contributed by atoms with Crippen LogP contribution in [0.3, 0.4) is 0 Å². The highest BCUT2D eigenvalue weighted by atomic mass is 35.5. The lowest BCUT2D eigenvalue weighted by atomic mass is 10.2. The molecule has 0 spiro atoms. The third kappa shape index (κ3) is 4.29. The zero-order valence-corrected chi connectivity index (χ0v) is 14.8. The van der Waals surface area contributed by atoms with Crippen molar-refractivity contribution in [3.05, 3.63) is 71.5 Å². The second kappa shape index (κ2) is 8.31. The van der Waals surface area contributed by atoms with E-state index in [-0.39, 0.29) is 5.91 Å². The highest BCUT2D eigenvalue weighted by molar-refractivity contribution is 6.33. The van der Waals surface area contributed by atoms with E-state index in [2.05, 4.69) is 20.6 Å². The molecule has 0 saturated heterocycles. The molecule has 1 aromatic heterocycles. The van der Waals surface area contributed by atoms with Crippen LogP contribution in [0.1, 0.15) is 17.3 Å². The Kier molecular flexibility index (Phi) is 5.66. The smallest absolute Gasteiger partial charge is 0.258 e. The quantitative estimate of drug-likeness (QED) is 0.668. The van der Waals surface area contributed by atoms with Crippen LogP contribution in [0.15, 0.2) is 60.9 Å². The maximum Gasteiger partial charge on any atom is 0.258 e. The summed E-state index contributed by atoms with van der Waals surface area (Å²) in [5.41, 5.74) is 1.61. The number of rotatable bonds is 6. The maximum atomic E-state index is 12.3. The van der Waals surface area contributed by atoms with Crippen molar-refractivity contribution in [2.24, 2.45) is 0 Å². The molecule has 2 aromatic carbocycles. The predicted octanol–water partition coefficient (Wildman–Crippen LogP) is 4.52. The van der Waals surface area contributed by atoms with Gasteiger partial charge in [-0.05, 0) is 31.2 Å². The lowest BCUT2D eigenvalue weighted by Gasteiger charge is -2.11. The van der Waals surface area contributed by atoms with E-state index in [1.54, 1.807) is 24.3 Å². The van der Waals surface area contributed by atoms with Crippen molar-refractivity contribution in [2.75, 3.05) is 17.2 Å². The number of aromatic nitrogens is 2. The van der Waals surface area contributed by atoms with Crippen LogP contribution < -0.4 is 15.4 Å². The molecule has 7 heteroatoms. The zero-order chi connectivity index (χ0) is 18.4. The molecule has 3 rings (SSSR count). The molecule has 0 saturated carbocycles. The minimum absolute atomic E-state index is 0.327. The summed E-state index contributed by atoms with van der Waals surface area (Å²) in [6.45, 7) is 2.47. The fourth-order valence-corrected chi connectivity index (χ4v) is 2.42. The first-order valence-corrected chi connectivity index (χ1v) is 8.42. The molecule has 0 unspecified atom stereocenters. The summed E-state index contributed by atoms with van der Waals surface area (Å²) in [7, 11) is 0. The largest absolute Gasteiger partial charge is 0.492 e. The minimum atomic E-state index is -0.334. The van der Waals surface area contributed by atoms with Crippen molar-refractivity contribution in [3.8, 4) is 5.75 Å². The average Bonchev–Trinajstić information content (AvgIpc) is 2.66. The van der Waals surface area contributed by atoms with Gasteiger partial charge in [-0.1, -0.05) is 35.9 Å². The fourth-order valence-electron chi connectivity index (χ4n) is 2.24. The second-order valence-corrected chi connectivity index (χ2v) is 5.69. The molecule has 0 bridgehead atoms. The number of ether oxygens (including phenoxy) is 1. The molecule has 0 atom stereocenters. The Hall–Kier alpha value is -3.12. The highest BCUT2D eigenvalue weighted by Crippen LogP contribution is 2.26. The van der Waals surface area contributed by atoms with Crippen molar-refractivity contribution in [3.63, 3.8) is 0 Å². The number of amides is 1. The second-order valence-electron chi connectivity index (χ2n) is 5.28. The summed E-state index contributed by atoms with van der Waals surface area (Å²) in [6.07, 6.45) is 2.90. The molecule has 0 aliphatic carbocycles. The van der Waals surface area contributed by atoms with Crippen LogP contribution in [0.5, 0.6) is 5.75 Å².